The minimum Gasteiger partial charge on any atom is -0.790 e. The van der Waals surface area contributed by atoms with E-state index in [4.69, 9.17) is 22.1 Å². The summed E-state index contributed by atoms with van der Waals surface area (Å²) in [6.45, 7) is -0.577. The molecule has 126 valence electrons. The number of nitrogens with two attached hydrogens (primary N) is 1. The Morgan fingerprint density at radius 1 is 1.54 bits per heavy atom. The van der Waals surface area contributed by atoms with E-state index in [0.717, 1.165) is 0 Å². The van der Waals surface area contributed by atoms with E-state index in [9.17, 15) is 19.5 Å². The predicted molar refractivity (Wildman–Crippen MR) is 78.6 cm³/mol. The molecule has 3 rings (SSSR count). The van der Waals surface area contributed by atoms with Crippen LogP contribution in [0.2, 0.25) is 5.28 Å². The number of aliphatic hydroxyl groups excluding tert-OH is 1. The van der Waals surface area contributed by atoms with Crippen LogP contribution in [0.15, 0.2) is 6.33 Å². The van der Waals surface area contributed by atoms with E-state index in [0.29, 0.717) is 11.2 Å². The number of aromatic nitrogens is 4. The molecular weight excluding hydrogens is 377 g/mol. The quantitative estimate of drug-likeness (QED) is 0.345. The topological polar surface area (TPSA) is 172 Å². The van der Waals surface area contributed by atoms with Crippen LogP contribution in [0.25, 0.3) is 11.2 Å². The third-order valence-corrected chi connectivity index (χ3v) is 3.97. The molecule has 0 aromatic carbocycles. The molecule has 14 heteroatoms. The van der Waals surface area contributed by atoms with E-state index in [2.05, 4.69) is 19.5 Å². The van der Waals surface area contributed by atoms with Gasteiger partial charge in [-0.25, -0.2) is 4.98 Å². The average Bonchev–Trinajstić information content (AvgIpc) is 2.99. The van der Waals surface area contributed by atoms with E-state index in [1.807, 2.05) is 0 Å². The van der Waals surface area contributed by atoms with Gasteiger partial charge >= 0.3 is 23.1 Å². The number of aliphatic hydroxyl groups is 1. The number of nitrogen functional groups attached to an aromatic ring is 1. The van der Waals surface area contributed by atoms with Crippen LogP contribution in [-0.2, 0) is 13.8 Å². The predicted octanol–water partition coefficient (Wildman–Crippen LogP) is -1.83. The summed E-state index contributed by atoms with van der Waals surface area (Å²) >= 11 is 5.76. The van der Waals surface area contributed by atoms with Crippen LogP contribution < -0.4 is 15.5 Å². The summed E-state index contributed by atoms with van der Waals surface area (Å²) in [6.07, 6.45) is -1.21. The van der Waals surface area contributed by atoms with E-state index < -0.39 is 32.9 Å². The zero-order valence-corrected chi connectivity index (χ0v) is 15.2. The monoisotopic (exact) mass is 387 g/mol. The molecule has 1 fully saturated rings. The largest absolute Gasteiger partial charge is 2.00 e. The molecule has 24 heavy (non-hydrogen) atoms. The number of anilines is 1. The van der Waals surface area contributed by atoms with Gasteiger partial charge in [0.05, 0.1) is 26.9 Å². The van der Waals surface area contributed by atoms with Crippen LogP contribution in [0.4, 0.5) is 5.82 Å². The van der Waals surface area contributed by atoms with Gasteiger partial charge in [0, 0.05) is 6.42 Å². The summed E-state index contributed by atoms with van der Waals surface area (Å²) in [5.41, 5.74) is 6.32. The molecule has 0 amide bonds. The maximum absolute atomic E-state index is 10.5. The number of ether oxygens (including phenoxy) is 1. The standard InChI is InChI=1S/C10H13ClN5O6P.Mg/c11-10-14-8(12)7-9(15-10)16(3-13-7)6-1-4(17)5(22-6)2-21-23(18,19)20;/h3-6,17H,1-2H2,(H2,12,14,15)(H2,18,19,20);/q;+2/p-2/t4-,5+,6+;/m0./s1. The summed E-state index contributed by atoms with van der Waals surface area (Å²) in [4.78, 5) is 32.9. The van der Waals surface area contributed by atoms with Crippen molar-refractivity contribution in [3.63, 3.8) is 0 Å². The molecule has 11 nitrogen and oxygen atoms in total. The van der Waals surface area contributed by atoms with Crippen LogP contribution in [0.1, 0.15) is 12.6 Å². The van der Waals surface area contributed by atoms with E-state index in [1.54, 1.807) is 0 Å². The summed E-state index contributed by atoms with van der Waals surface area (Å²) < 4.78 is 21.6. The third-order valence-electron chi connectivity index (χ3n) is 3.33. The molecule has 0 radical (unpaired) electrons. The van der Waals surface area contributed by atoms with Crippen LogP contribution in [0.5, 0.6) is 0 Å². The molecule has 3 atom stereocenters. The van der Waals surface area contributed by atoms with Gasteiger partial charge in [0.15, 0.2) is 11.5 Å². The fourth-order valence-corrected chi connectivity index (χ4v) is 2.82. The average molecular weight is 388 g/mol. The van der Waals surface area contributed by atoms with Gasteiger partial charge in [-0.3, -0.25) is 4.57 Å². The van der Waals surface area contributed by atoms with Gasteiger partial charge in [-0.1, -0.05) is 0 Å². The van der Waals surface area contributed by atoms with Gasteiger partial charge < -0.3 is 34.5 Å². The van der Waals surface area contributed by atoms with E-state index in [-0.39, 0.29) is 40.6 Å². The molecule has 0 bridgehead atoms. The fraction of sp³-hybridized carbons (Fsp3) is 0.500. The number of phosphoric ester groups is 1. The number of hydrogen-bond donors (Lipinski definition) is 2. The fourth-order valence-electron chi connectivity index (χ4n) is 2.32. The minimum atomic E-state index is -5.14. The first kappa shape index (κ1) is 19.8. The molecule has 2 aromatic rings. The number of halogens is 1. The Bertz CT molecular complexity index is 786. The van der Waals surface area contributed by atoms with Gasteiger partial charge in [-0.05, 0) is 11.6 Å². The molecule has 1 saturated heterocycles. The van der Waals surface area contributed by atoms with Crippen molar-refractivity contribution in [1.29, 1.82) is 0 Å². The van der Waals surface area contributed by atoms with Crippen molar-refractivity contribution in [1.82, 2.24) is 19.5 Å². The third kappa shape index (κ3) is 4.15. The van der Waals surface area contributed by atoms with Gasteiger partial charge in [-0.15, -0.1) is 0 Å². The van der Waals surface area contributed by atoms with Crippen molar-refractivity contribution in [2.75, 3.05) is 12.3 Å². The van der Waals surface area contributed by atoms with Crippen molar-refractivity contribution < 1.29 is 28.7 Å². The Morgan fingerprint density at radius 3 is 2.92 bits per heavy atom. The number of fused-ring (bicyclic) bond motifs is 1. The smallest absolute Gasteiger partial charge is 0.790 e. The van der Waals surface area contributed by atoms with Crippen LogP contribution in [-0.4, -0.2) is 66.5 Å². The number of phosphoric acid groups is 1. The maximum atomic E-state index is 10.5. The first-order valence-corrected chi connectivity index (χ1v) is 8.24. The Hall–Kier alpha value is -0.564. The first-order chi connectivity index (χ1) is 10.7. The second-order valence-corrected chi connectivity index (χ2v) is 6.37. The van der Waals surface area contributed by atoms with Crippen LogP contribution in [0, 0.1) is 0 Å². The SMILES string of the molecule is Nc1nc(Cl)nc2c1ncn2[C@H]1C[C@H](O)[C@@H](COP(=O)([O-])[O-])O1.[Mg+2]. The molecule has 0 spiro atoms. The number of imidazole rings is 1. The number of nitrogens with zero attached hydrogens (tertiary/aromatic N) is 4. The molecule has 3 heterocycles. The van der Waals surface area contributed by atoms with Crippen molar-refractivity contribution in [2.45, 2.75) is 24.9 Å². The summed E-state index contributed by atoms with van der Waals surface area (Å²) in [7, 11) is -5.14. The molecule has 3 N–H and O–H groups in total. The van der Waals surface area contributed by atoms with Gasteiger partial charge in [-0.2, -0.15) is 9.97 Å². The normalized spacial score (nSPS) is 24.2. The zero-order valence-electron chi connectivity index (χ0n) is 12.1. The Morgan fingerprint density at radius 2 is 2.25 bits per heavy atom. The van der Waals surface area contributed by atoms with Crippen molar-refractivity contribution in [2.24, 2.45) is 0 Å². The van der Waals surface area contributed by atoms with Crippen LogP contribution >= 0.6 is 19.4 Å². The Kier molecular flexibility index (Phi) is 6.06. The Labute approximate surface area is 156 Å². The van der Waals surface area contributed by atoms with Crippen molar-refractivity contribution in [3.8, 4) is 0 Å². The number of hydrogen-bond acceptors (Lipinski definition) is 10. The maximum Gasteiger partial charge on any atom is 2.00 e. The Balaban J connectivity index is 0.00000208. The molecule has 2 aromatic heterocycles. The van der Waals surface area contributed by atoms with Gasteiger partial charge in [0.1, 0.15) is 17.8 Å². The molecule has 0 unspecified atom stereocenters. The molecule has 0 aliphatic carbocycles. The summed E-state index contributed by atoms with van der Waals surface area (Å²) in [5, 5.41) is 9.85. The second-order valence-electron chi connectivity index (χ2n) is 4.88. The second kappa shape index (κ2) is 7.36. The molecular formula is C10H11ClMgN5O6P. The van der Waals surface area contributed by atoms with Gasteiger partial charge in [0.25, 0.3) is 0 Å². The molecule has 1 aliphatic rings. The summed E-state index contributed by atoms with van der Waals surface area (Å²) in [5.74, 6) is 0.0934. The van der Waals surface area contributed by atoms with Gasteiger partial charge in [0.2, 0.25) is 5.28 Å². The zero-order chi connectivity index (χ0) is 16.8. The molecule has 0 saturated carbocycles. The molecule has 1 aliphatic heterocycles. The van der Waals surface area contributed by atoms with Crippen LogP contribution in [0.3, 0.4) is 0 Å². The van der Waals surface area contributed by atoms with E-state index >= 15 is 0 Å². The summed E-state index contributed by atoms with van der Waals surface area (Å²) in [6, 6.07) is 0. The van der Waals surface area contributed by atoms with E-state index in [1.165, 1.54) is 10.9 Å². The number of rotatable bonds is 4. The van der Waals surface area contributed by atoms with Crippen molar-refractivity contribution >= 4 is 59.5 Å². The van der Waals surface area contributed by atoms with Crippen molar-refractivity contribution in [3.05, 3.63) is 11.6 Å². The minimum absolute atomic E-state index is 0. The first-order valence-electron chi connectivity index (χ1n) is 6.40.